The molecule has 0 saturated heterocycles. The fourth-order valence-corrected chi connectivity index (χ4v) is 7.85. The standard InChI is InChI=1S/C10H20O.C9H16O2.C9H18O.C7H11NO2.C7H10O3.C7H10O2S.C7H12O2.C7H14O.C6H10O3.2C6H10O2.C6H12O.C5H10O.C4H8O/c1-3-4-5-6-7-8-9-10(2)11;1-3-9(11)7-5-4-6-8(2)10;1-3-4-5-6-7-8-9(2)10;1-4-8-7(10)5(2)6(3)9;2*1-4-10-7(9)5(2)6(3)8;1-3-7(9)5-4-6(2)8;1-3-4-5-6-7(2)8;1-3-9-6(8)4-5(2)7;2*1-3-6(8)4-5(2)7;1-3-4-5-6(2)7;1-3-4-5(2)6;1-3-4(2)5/h3-9H2,1-2H3;3-7H2,1-2H3;3-8H2,1-2H3;2,4H2,1,3H3,(H,8,10);2*2,4H2,1,3H3;3-5H2,1-2H3;3-6H2,1-2H3;3-4H2,1-2H3;2*3-4H2,1-2H3;3-5H2,1-2H3;3-4H2,1-2H3;3H2,1-2H3. The van der Waals surface area contributed by atoms with Gasteiger partial charge in [0.2, 0.25) is 5.12 Å². The van der Waals surface area contributed by atoms with Crippen LogP contribution in [0, 0.1) is 0 Å². The van der Waals surface area contributed by atoms with Gasteiger partial charge in [-0.05, 0) is 168 Å². The minimum Gasteiger partial charge on any atom is -0.466 e. The molecule has 0 radical (unpaired) electrons. The second-order valence-corrected chi connectivity index (χ2v) is 29.3. The fraction of sp³-hybridized carbons (Fsp3) is 0.708. The number of likely N-dealkylation sites (N-methyl/N-ethyl adjacent to an activating group) is 1. The first-order chi connectivity index (χ1) is 56.7. The molecule has 0 fully saturated rings. The van der Waals surface area contributed by atoms with Gasteiger partial charge in [-0.15, -0.1) is 0 Å². The monoisotopic (exact) mass is 1750 g/mol. The Morgan fingerprint density at radius 1 is 0.254 bits per heavy atom. The molecule has 0 heterocycles. The van der Waals surface area contributed by atoms with Gasteiger partial charge in [-0.25, -0.2) is 4.79 Å². The largest absolute Gasteiger partial charge is 0.466 e. The van der Waals surface area contributed by atoms with Crippen molar-refractivity contribution >= 4 is 139 Å². The van der Waals surface area contributed by atoms with Crippen LogP contribution in [0.4, 0.5) is 0 Å². The van der Waals surface area contributed by atoms with Gasteiger partial charge in [-0.2, -0.15) is 0 Å². The van der Waals surface area contributed by atoms with Crippen LogP contribution in [0.2, 0.25) is 0 Å². The number of carbonyl (C=O) groups is 22. The molecule has 0 aromatic heterocycles. The molecule has 0 saturated carbocycles. The Labute approximate surface area is 742 Å². The number of nitrogens with one attached hydrogen (secondary N) is 1. The van der Waals surface area contributed by atoms with Crippen molar-refractivity contribution in [1.82, 2.24) is 5.32 Å². The zero-order chi connectivity index (χ0) is 98.5. The Kier molecular flexibility index (Phi) is 137. The topological polar surface area (TPSA) is 406 Å². The van der Waals surface area contributed by atoms with Crippen LogP contribution in [0.1, 0.15) is 425 Å². The van der Waals surface area contributed by atoms with Crippen LogP contribution >= 0.6 is 11.8 Å². The summed E-state index contributed by atoms with van der Waals surface area (Å²) in [6.45, 7) is 58.8. The van der Waals surface area contributed by atoms with E-state index >= 15 is 0 Å². The third kappa shape index (κ3) is 174. The molecule has 0 aliphatic carbocycles. The van der Waals surface area contributed by atoms with Gasteiger partial charge in [0, 0.05) is 96.4 Å². The summed E-state index contributed by atoms with van der Waals surface area (Å²) in [7, 11) is 0. The molecule has 0 spiro atoms. The summed E-state index contributed by atoms with van der Waals surface area (Å²) in [6, 6.07) is 0. The molecule has 0 aliphatic heterocycles. The van der Waals surface area contributed by atoms with E-state index in [1.165, 1.54) is 119 Å². The van der Waals surface area contributed by atoms with E-state index in [2.05, 4.69) is 62.2 Å². The number of Topliss-reactive ketones (excluding diaryl/α,β-unsaturated/α-hetero) is 18. The van der Waals surface area contributed by atoms with E-state index in [-0.39, 0.29) is 129 Å². The van der Waals surface area contributed by atoms with Gasteiger partial charge in [-0.3, -0.25) is 62.3 Å². The van der Waals surface area contributed by atoms with E-state index in [0.717, 1.165) is 95.2 Å². The van der Waals surface area contributed by atoms with Crippen LogP contribution in [-0.2, 0) is 115 Å². The Balaban J connectivity index is -0.0000000861. The summed E-state index contributed by atoms with van der Waals surface area (Å²) in [5.74, 6) is 0.775. The molecule has 0 rings (SSSR count). The van der Waals surface area contributed by atoms with E-state index in [1.807, 2.05) is 34.6 Å². The number of esters is 2. The van der Waals surface area contributed by atoms with Gasteiger partial charge in [0.15, 0.2) is 17.3 Å². The first-order valence-corrected chi connectivity index (χ1v) is 44.6. The van der Waals surface area contributed by atoms with Gasteiger partial charge in [0.05, 0.1) is 42.8 Å². The van der Waals surface area contributed by atoms with E-state index in [0.29, 0.717) is 106 Å². The van der Waals surface area contributed by atoms with Crippen LogP contribution in [0.25, 0.3) is 0 Å². The maximum absolute atomic E-state index is 10.8. The number of unbranched alkanes of at least 4 members (excludes halogenated alkanes) is 13. The third-order valence-corrected chi connectivity index (χ3v) is 15.5. The summed E-state index contributed by atoms with van der Waals surface area (Å²) >= 11 is 1.11. The highest BCUT2D eigenvalue weighted by Gasteiger charge is 2.13. The fourth-order valence-electron chi connectivity index (χ4n) is 7.27. The first-order valence-electron chi connectivity index (χ1n) is 43.6. The van der Waals surface area contributed by atoms with Crippen molar-refractivity contribution in [3.8, 4) is 0 Å². The summed E-state index contributed by atoms with van der Waals surface area (Å²) < 4.78 is 9.00. The smallest absolute Gasteiger partial charge is 0.341 e. The average molecular weight is 1760 g/mol. The van der Waals surface area contributed by atoms with Crippen molar-refractivity contribution in [2.24, 2.45) is 0 Å². The highest BCUT2D eigenvalue weighted by Crippen LogP contribution is 2.10. The Morgan fingerprint density at radius 3 is 0.770 bits per heavy atom. The van der Waals surface area contributed by atoms with E-state index in [1.54, 1.807) is 83.1 Å². The molecule has 25 nitrogen and oxygen atoms in total. The molecule has 122 heavy (non-hydrogen) atoms. The number of thioether (sulfide) groups is 1. The predicted octanol–water partition coefficient (Wildman–Crippen LogP) is 20.8. The summed E-state index contributed by atoms with van der Waals surface area (Å²) in [5.41, 5.74) is 0.00977. The molecule has 0 aliphatic rings. The van der Waals surface area contributed by atoms with Crippen LogP contribution in [-0.4, -0.2) is 153 Å². The quantitative estimate of drug-likeness (QED) is 0.0194. The lowest BCUT2D eigenvalue weighted by Crippen LogP contribution is -2.26. The lowest BCUT2D eigenvalue weighted by molar-refractivity contribution is -0.145. The molecule has 0 aromatic rings. The molecule has 0 bridgehead atoms. The van der Waals surface area contributed by atoms with Gasteiger partial charge in [0.25, 0.3) is 5.91 Å². The number of ketones is 18. The molecule has 1 N–H and O–H groups in total. The maximum Gasteiger partial charge on any atom is 0.341 e. The van der Waals surface area contributed by atoms with Gasteiger partial charge in [-0.1, -0.05) is 185 Å². The lowest BCUT2D eigenvalue weighted by atomic mass is 10.1. The maximum atomic E-state index is 10.8. The molecule has 26 heteroatoms. The van der Waals surface area contributed by atoms with Crippen LogP contribution in [0.15, 0.2) is 36.5 Å². The Morgan fingerprint density at radius 2 is 0.533 bits per heavy atom. The van der Waals surface area contributed by atoms with E-state index in [4.69, 9.17) is 0 Å². The number of hydrogen-bond donors (Lipinski definition) is 1. The first kappa shape index (κ1) is 145. The van der Waals surface area contributed by atoms with Gasteiger partial charge < -0.3 is 53.1 Å². The van der Waals surface area contributed by atoms with E-state index in [9.17, 15) is 105 Å². The minimum absolute atomic E-state index is 0.0156. The van der Waals surface area contributed by atoms with Crippen LogP contribution in [0.5, 0.6) is 0 Å². The zero-order valence-electron chi connectivity index (χ0n) is 81.6. The van der Waals surface area contributed by atoms with Crippen molar-refractivity contribution in [3.05, 3.63) is 36.5 Å². The second kappa shape index (κ2) is 115. The lowest BCUT2D eigenvalue weighted by Gasteiger charge is -1.99. The SMILES string of the molecule is C=C(C(C)=O)C(=O)NCC.C=C(C(C)=O)C(=O)OCC.C=C(C(C)=O)C(=O)SCC.CCC(=O)CC(C)=O.CCC(=O)CC(C)=O.CCC(=O)CCC(C)=O.CCC(=O)CCCCC(C)=O.CCC(C)=O.CCCC(C)=O.CCCCC(C)=O.CCCCCC(C)=O.CCCCCCCC(C)=O.CCCCCCCCC(C)=O.CCOC(=O)CC(C)=O. The number of hydrogen-bond acceptors (Lipinski definition) is 25. The Bertz CT molecular complexity index is 2830. The molecule has 1 amide bonds. The number of rotatable bonds is 51. The van der Waals surface area contributed by atoms with Crippen molar-refractivity contribution in [3.63, 3.8) is 0 Å². The number of amides is 1. The highest BCUT2D eigenvalue weighted by atomic mass is 32.2. The summed E-state index contributed by atoms with van der Waals surface area (Å²) in [6.07, 6.45) is 31.0. The van der Waals surface area contributed by atoms with E-state index < -0.39 is 11.9 Å². The number of ether oxygens (including phenoxy) is 2. The normalized spacial score (nSPS) is 9.02. The Hall–Kier alpha value is -8.29. The summed E-state index contributed by atoms with van der Waals surface area (Å²) in [4.78, 5) is 229. The molecular formula is C96H171NO24S. The second-order valence-electron chi connectivity index (χ2n) is 28.1. The van der Waals surface area contributed by atoms with Gasteiger partial charge in [0.1, 0.15) is 93.2 Å². The molecule has 0 atom stereocenters. The molecule has 0 aromatic carbocycles. The van der Waals surface area contributed by atoms with Crippen LogP contribution in [0.3, 0.4) is 0 Å². The summed E-state index contributed by atoms with van der Waals surface area (Å²) in [5, 5.41) is 2.25. The van der Waals surface area contributed by atoms with Crippen molar-refractivity contribution in [2.75, 3.05) is 25.5 Å². The highest BCUT2D eigenvalue weighted by molar-refractivity contribution is 8.14. The van der Waals surface area contributed by atoms with Crippen LogP contribution < -0.4 is 5.32 Å². The third-order valence-electron chi connectivity index (χ3n) is 14.7. The predicted molar refractivity (Wildman–Crippen MR) is 495 cm³/mol. The minimum atomic E-state index is -0.630. The van der Waals surface area contributed by atoms with Crippen molar-refractivity contribution in [2.45, 2.75) is 425 Å². The van der Waals surface area contributed by atoms with Gasteiger partial charge >= 0.3 is 11.9 Å². The zero-order valence-corrected chi connectivity index (χ0v) is 82.4. The number of carbonyl (C=O) groups excluding carboxylic acids is 22. The molecular weight excluding hydrogens is 1580 g/mol. The average Bonchev–Trinajstić information content (AvgIpc) is 0.963. The molecule has 0 unspecified atom stereocenters. The van der Waals surface area contributed by atoms with Crippen molar-refractivity contribution in [1.29, 1.82) is 0 Å². The van der Waals surface area contributed by atoms with Crippen molar-refractivity contribution < 1.29 is 115 Å². The molecule has 710 valence electrons.